The second-order valence-electron chi connectivity index (χ2n) is 6.00. The number of aromatic nitrogens is 3. The van der Waals surface area contributed by atoms with Crippen LogP contribution in [-0.4, -0.2) is 26.3 Å². The molecule has 6 heteroatoms. The number of primary amides is 1. The van der Waals surface area contributed by atoms with Crippen LogP contribution < -0.4 is 5.73 Å². The SMILES string of the molecule is CC(C)(Cc1ccn2nc(-c3ccccc3)nc2c1)OC(N)=O. The largest absolute Gasteiger partial charge is 0.443 e. The number of benzene rings is 1. The minimum absolute atomic E-state index is 0.542. The molecule has 23 heavy (non-hydrogen) atoms. The molecule has 1 aromatic carbocycles. The Balaban J connectivity index is 1.89. The Morgan fingerprint density at radius 3 is 2.70 bits per heavy atom. The molecule has 0 atom stereocenters. The lowest BCUT2D eigenvalue weighted by Gasteiger charge is -2.23. The summed E-state index contributed by atoms with van der Waals surface area (Å²) < 4.78 is 6.85. The summed E-state index contributed by atoms with van der Waals surface area (Å²) in [5.41, 5.74) is 7.14. The number of hydrogen-bond donors (Lipinski definition) is 1. The standard InChI is InChI=1S/C17H18N4O2/c1-17(2,23-16(18)22)11-12-8-9-21-14(10-12)19-15(20-21)13-6-4-3-5-7-13/h3-10H,11H2,1-2H3,(H2,18,22). The molecule has 118 valence electrons. The maximum absolute atomic E-state index is 11.0. The third kappa shape index (κ3) is 3.48. The summed E-state index contributed by atoms with van der Waals surface area (Å²) in [6.45, 7) is 3.64. The predicted molar refractivity (Wildman–Crippen MR) is 86.9 cm³/mol. The molecule has 2 aromatic heterocycles. The zero-order chi connectivity index (χ0) is 16.4. The van der Waals surface area contributed by atoms with Crippen LogP contribution in [0.3, 0.4) is 0 Å². The summed E-state index contributed by atoms with van der Waals surface area (Å²) in [5.74, 6) is 0.676. The lowest BCUT2D eigenvalue weighted by Crippen LogP contribution is -2.33. The van der Waals surface area contributed by atoms with Gasteiger partial charge in [0.1, 0.15) is 5.60 Å². The van der Waals surface area contributed by atoms with E-state index in [2.05, 4.69) is 10.1 Å². The van der Waals surface area contributed by atoms with E-state index in [9.17, 15) is 4.79 Å². The first kappa shape index (κ1) is 15.0. The number of carbonyl (C=O) groups is 1. The zero-order valence-electron chi connectivity index (χ0n) is 13.1. The van der Waals surface area contributed by atoms with E-state index in [0.29, 0.717) is 12.2 Å². The van der Waals surface area contributed by atoms with Crippen molar-refractivity contribution in [2.45, 2.75) is 25.9 Å². The highest BCUT2D eigenvalue weighted by Crippen LogP contribution is 2.20. The van der Waals surface area contributed by atoms with Gasteiger partial charge in [-0.25, -0.2) is 14.3 Å². The molecule has 0 aliphatic heterocycles. The molecule has 3 aromatic rings. The van der Waals surface area contributed by atoms with Crippen molar-refractivity contribution in [3.63, 3.8) is 0 Å². The molecular weight excluding hydrogens is 292 g/mol. The molecule has 0 saturated carbocycles. The van der Waals surface area contributed by atoms with Crippen molar-refractivity contribution >= 4 is 11.7 Å². The van der Waals surface area contributed by atoms with Gasteiger partial charge in [0, 0.05) is 18.2 Å². The molecular formula is C17H18N4O2. The molecule has 3 rings (SSSR count). The summed E-state index contributed by atoms with van der Waals surface area (Å²) in [7, 11) is 0. The first-order valence-electron chi connectivity index (χ1n) is 7.32. The van der Waals surface area contributed by atoms with Crippen molar-refractivity contribution in [3.8, 4) is 11.4 Å². The van der Waals surface area contributed by atoms with E-state index < -0.39 is 11.7 Å². The Hall–Kier alpha value is -2.89. The summed E-state index contributed by atoms with van der Waals surface area (Å²) >= 11 is 0. The average molecular weight is 310 g/mol. The highest BCUT2D eigenvalue weighted by atomic mass is 16.6. The second kappa shape index (κ2) is 5.72. The first-order chi connectivity index (χ1) is 10.9. The van der Waals surface area contributed by atoms with Crippen molar-refractivity contribution in [2.75, 3.05) is 0 Å². The molecule has 1 amide bonds. The Kier molecular flexibility index (Phi) is 3.73. The van der Waals surface area contributed by atoms with Crippen LogP contribution in [0, 0.1) is 0 Å². The topological polar surface area (TPSA) is 82.5 Å². The van der Waals surface area contributed by atoms with Crippen LogP contribution in [0.2, 0.25) is 0 Å². The minimum atomic E-state index is -0.773. The third-order valence-electron chi connectivity index (χ3n) is 3.44. The van der Waals surface area contributed by atoms with E-state index in [1.165, 1.54) is 0 Å². The van der Waals surface area contributed by atoms with Crippen molar-refractivity contribution in [2.24, 2.45) is 5.73 Å². The van der Waals surface area contributed by atoms with Crippen LogP contribution in [0.15, 0.2) is 48.7 Å². The molecule has 0 aliphatic rings. The van der Waals surface area contributed by atoms with Gasteiger partial charge >= 0.3 is 6.09 Å². The van der Waals surface area contributed by atoms with Crippen LogP contribution in [-0.2, 0) is 11.2 Å². The van der Waals surface area contributed by atoms with Crippen molar-refractivity contribution in [1.29, 1.82) is 0 Å². The van der Waals surface area contributed by atoms with Gasteiger partial charge in [0.2, 0.25) is 0 Å². The highest BCUT2D eigenvalue weighted by molar-refractivity contribution is 5.65. The van der Waals surface area contributed by atoms with Crippen molar-refractivity contribution in [1.82, 2.24) is 14.6 Å². The van der Waals surface area contributed by atoms with Crippen LogP contribution in [0.5, 0.6) is 0 Å². The Morgan fingerprint density at radius 1 is 1.26 bits per heavy atom. The average Bonchev–Trinajstić information content (AvgIpc) is 2.89. The molecule has 0 bridgehead atoms. The van der Waals surface area contributed by atoms with Crippen molar-refractivity contribution < 1.29 is 9.53 Å². The monoisotopic (exact) mass is 310 g/mol. The molecule has 0 unspecified atom stereocenters. The van der Waals surface area contributed by atoms with Gasteiger partial charge in [-0.1, -0.05) is 30.3 Å². The summed E-state index contributed by atoms with van der Waals surface area (Å²) in [4.78, 5) is 15.5. The number of hydrogen-bond acceptors (Lipinski definition) is 4. The van der Waals surface area contributed by atoms with Crippen LogP contribution >= 0.6 is 0 Å². The third-order valence-corrected chi connectivity index (χ3v) is 3.44. The number of nitrogens with two attached hydrogens (primary N) is 1. The number of pyridine rings is 1. The molecule has 0 aliphatic carbocycles. The van der Waals surface area contributed by atoms with Gasteiger partial charge in [-0.3, -0.25) is 0 Å². The number of carbonyl (C=O) groups excluding carboxylic acids is 1. The quantitative estimate of drug-likeness (QED) is 0.803. The van der Waals surface area contributed by atoms with Crippen molar-refractivity contribution in [3.05, 3.63) is 54.2 Å². The van der Waals surface area contributed by atoms with Crippen LogP contribution in [0.1, 0.15) is 19.4 Å². The lowest BCUT2D eigenvalue weighted by molar-refractivity contribution is 0.0460. The minimum Gasteiger partial charge on any atom is -0.443 e. The van der Waals surface area contributed by atoms with Gasteiger partial charge < -0.3 is 10.5 Å². The van der Waals surface area contributed by atoms with Crippen LogP contribution in [0.4, 0.5) is 4.79 Å². The second-order valence-corrected chi connectivity index (χ2v) is 6.00. The molecule has 0 fully saturated rings. The first-order valence-corrected chi connectivity index (χ1v) is 7.32. The van der Waals surface area contributed by atoms with E-state index in [0.717, 1.165) is 16.8 Å². The van der Waals surface area contributed by atoms with Gasteiger partial charge in [-0.15, -0.1) is 5.10 Å². The smallest absolute Gasteiger partial charge is 0.405 e. The van der Waals surface area contributed by atoms with E-state index in [1.807, 2.05) is 62.5 Å². The Labute approximate surface area is 133 Å². The molecule has 6 nitrogen and oxygen atoms in total. The fourth-order valence-electron chi connectivity index (χ4n) is 2.54. The normalized spacial score (nSPS) is 11.6. The predicted octanol–water partition coefficient (Wildman–Crippen LogP) is 2.81. The lowest BCUT2D eigenvalue weighted by atomic mass is 9.99. The maximum Gasteiger partial charge on any atom is 0.405 e. The molecule has 2 heterocycles. The van der Waals surface area contributed by atoms with Crippen LogP contribution in [0.25, 0.3) is 17.0 Å². The molecule has 0 saturated heterocycles. The van der Waals surface area contributed by atoms with Gasteiger partial charge in [-0.2, -0.15) is 0 Å². The Bertz CT molecular complexity index is 840. The van der Waals surface area contributed by atoms with E-state index in [-0.39, 0.29) is 0 Å². The van der Waals surface area contributed by atoms with Gasteiger partial charge in [0.25, 0.3) is 0 Å². The number of nitrogens with zero attached hydrogens (tertiary/aromatic N) is 3. The Morgan fingerprint density at radius 2 is 2.00 bits per heavy atom. The van der Waals surface area contributed by atoms with Gasteiger partial charge in [0.15, 0.2) is 11.5 Å². The molecule has 2 N–H and O–H groups in total. The maximum atomic E-state index is 11.0. The van der Waals surface area contributed by atoms with E-state index >= 15 is 0 Å². The number of fused-ring (bicyclic) bond motifs is 1. The summed E-state index contributed by atoms with van der Waals surface area (Å²) in [6.07, 6.45) is 1.62. The number of ether oxygens (including phenoxy) is 1. The van der Waals surface area contributed by atoms with Gasteiger partial charge in [0.05, 0.1) is 0 Å². The van der Waals surface area contributed by atoms with E-state index in [1.54, 1.807) is 4.52 Å². The fourth-order valence-corrected chi connectivity index (χ4v) is 2.54. The van der Waals surface area contributed by atoms with Gasteiger partial charge in [-0.05, 0) is 31.5 Å². The summed E-state index contributed by atoms with van der Waals surface area (Å²) in [6, 6.07) is 13.7. The molecule has 0 spiro atoms. The highest BCUT2D eigenvalue weighted by Gasteiger charge is 2.22. The number of rotatable bonds is 4. The zero-order valence-corrected chi connectivity index (χ0v) is 13.1. The fraction of sp³-hybridized carbons (Fsp3) is 0.235. The molecule has 0 radical (unpaired) electrons. The number of amides is 1. The summed E-state index contributed by atoms with van der Waals surface area (Å²) in [5, 5.41) is 4.47. The van der Waals surface area contributed by atoms with E-state index in [4.69, 9.17) is 10.5 Å².